The highest BCUT2D eigenvalue weighted by Crippen LogP contribution is 2.32. The topological polar surface area (TPSA) is 111 Å². The van der Waals surface area contributed by atoms with Gasteiger partial charge in [-0.05, 0) is 19.1 Å². The van der Waals surface area contributed by atoms with E-state index in [-0.39, 0.29) is 11.5 Å². The van der Waals surface area contributed by atoms with Crippen LogP contribution in [0.1, 0.15) is 13.3 Å². The molecule has 23 heavy (non-hydrogen) atoms. The maximum Gasteiger partial charge on any atom is 0.305 e. The highest BCUT2D eigenvalue weighted by Gasteiger charge is 2.33. The summed E-state index contributed by atoms with van der Waals surface area (Å²) in [6, 6.07) is 4.24. The Morgan fingerprint density at radius 2 is 2.00 bits per heavy atom. The lowest BCUT2D eigenvalue weighted by Gasteiger charge is -2.28. The first-order valence-electron chi connectivity index (χ1n) is 6.90. The minimum Gasteiger partial charge on any atom is -0.486 e. The standard InChI is InChI=1S/C14H19NO7S/c1-14(9-20-2,8-13(16)17)15-23(18,19)10-3-4-11-12(7-10)22-6-5-21-11/h3-4,7,15H,5-6,8-9H2,1-2H3,(H,16,17). The number of rotatable bonds is 7. The number of sulfonamides is 1. The van der Waals surface area contributed by atoms with Gasteiger partial charge in [0.2, 0.25) is 10.0 Å². The molecule has 2 rings (SSSR count). The molecule has 2 N–H and O–H groups in total. The summed E-state index contributed by atoms with van der Waals surface area (Å²) in [7, 11) is -2.57. The second-order valence-electron chi connectivity index (χ2n) is 5.48. The van der Waals surface area contributed by atoms with Crippen LogP contribution in [0.25, 0.3) is 0 Å². The van der Waals surface area contributed by atoms with E-state index in [1.807, 2.05) is 0 Å². The number of hydrogen-bond acceptors (Lipinski definition) is 6. The van der Waals surface area contributed by atoms with E-state index in [0.29, 0.717) is 24.7 Å². The molecule has 1 unspecified atom stereocenters. The fourth-order valence-corrected chi connectivity index (χ4v) is 3.75. The van der Waals surface area contributed by atoms with Crippen LogP contribution in [-0.4, -0.2) is 52.0 Å². The first-order chi connectivity index (χ1) is 10.8. The van der Waals surface area contributed by atoms with Crippen molar-refractivity contribution in [2.45, 2.75) is 23.8 Å². The number of methoxy groups -OCH3 is 1. The average molecular weight is 345 g/mol. The van der Waals surface area contributed by atoms with Gasteiger partial charge in [0.1, 0.15) is 13.2 Å². The molecule has 0 saturated heterocycles. The zero-order valence-corrected chi connectivity index (χ0v) is 13.7. The first kappa shape index (κ1) is 17.5. The number of benzene rings is 1. The number of carbonyl (C=O) groups is 1. The first-order valence-corrected chi connectivity index (χ1v) is 8.38. The SMILES string of the molecule is COCC(C)(CC(=O)O)NS(=O)(=O)c1ccc2c(c1)OCCO2. The number of aliphatic carboxylic acids is 1. The molecule has 0 aromatic heterocycles. The van der Waals surface area contributed by atoms with Crippen molar-refractivity contribution in [3.63, 3.8) is 0 Å². The second-order valence-corrected chi connectivity index (χ2v) is 7.16. The average Bonchev–Trinajstić information content (AvgIpc) is 2.45. The van der Waals surface area contributed by atoms with Gasteiger partial charge in [0.05, 0.1) is 23.5 Å². The zero-order chi connectivity index (χ0) is 17.1. The molecular weight excluding hydrogens is 326 g/mol. The van der Waals surface area contributed by atoms with Crippen LogP contribution in [-0.2, 0) is 19.6 Å². The number of fused-ring (bicyclic) bond motifs is 1. The van der Waals surface area contributed by atoms with E-state index in [9.17, 15) is 13.2 Å². The molecule has 0 saturated carbocycles. The second kappa shape index (κ2) is 6.73. The van der Waals surface area contributed by atoms with Crippen molar-refractivity contribution in [1.82, 2.24) is 4.72 Å². The monoisotopic (exact) mass is 345 g/mol. The molecule has 1 heterocycles. The largest absolute Gasteiger partial charge is 0.486 e. The van der Waals surface area contributed by atoms with Crippen LogP contribution in [0.15, 0.2) is 23.1 Å². The van der Waals surface area contributed by atoms with Crippen LogP contribution in [0.2, 0.25) is 0 Å². The van der Waals surface area contributed by atoms with E-state index in [4.69, 9.17) is 19.3 Å². The molecule has 1 aromatic rings. The lowest BCUT2D eigenvalue weighted by Crippen LogP contribution is -2.50. The molecule has 1 aliphatic rings. The van der Waals surface area contributed by atoms with Gasteiger partial charge in [0, 0.05) is 13.2 Å². The van der Waals surface area contributed by atoms with Gasteiger partial charge in [-0.1, -0.05) is 0 Å². The Labute approximate surface area is 134 Å². The number of hydrogen-bond donors (Lipinski definition) is 2. The molecule has 0 aliphatic carbocycles. The Bertz CT molecular complexity index is 688. The highest BCUT2D eigenvalue weighted by atomic mass is 32.2. The number of carboxylic acids is 1. The van der Waals surface area contributed by atoms with Crippen molar-refractivity contribution in [2.24, 2.45) is 0 Å². The summed E-state index contributed by atoms with van der Waals surface area (Å²) < 4.78 is 43.1. The smallest absolute Gasteiger partial charge is 0.305 e. The van der Waals surface area contributed by atoms with Gasteiger partial charge in [-0.2, -0.15) is 0 Å². The third-order valence-corrected chi connectivity index (χ3v) is 4.85. The fourth-order valence-electron chi connectivity index (χ4n) is 2.34. The normalized spacial score (nSPS) is 16.6. The van der Waals surface area contributed by atoms with E-state index in [1.54, 1.807) is 0 Å². The predicted octanol–water partition coefficient (Wildman–Crippen LogP) is 0.616. The van der Waals surface area contributed by atoms with E-state index >= 15 is 0 Å². The van der Waals surface area contributed by atoms with Crippen molar-refractivity contribution in [3.05, 3.63) is 18.2 Å². The maximum atomic E-state index is 12.5. The maximum absolute atomic E-state index is 12.5. The summed E-state index contributed by atoms with van der Waals surface area (Å²) in [4.78, 5) is 10.9. The van der Waals surface area contributed by atoms with Crippen LogP contribution < -0.4 is 14.2 Å². The molecule has 8 nitrogen and oxygen atoms in total. The van der Waals surface area contributed by atoms with E-state index in [0.717, 1.165) is 0 Å². The Balaban J connectivity index is 2.28. The van der Waals surface area contributed by atoms with Gasteiger partial charge in [-0.15, -0.1) is 0 Å². The summed E-state index contributed by atoms with van der Waals surface area (Å²) in [5, 5.41) is 8.97. The molecule has 0 fully saturated rings. The molecule has 1 atom stereocenters. The Hall–Kier alpha value is -1.84. The molecule has 1 aromatic carbocycles. The fraction of sp³-hybridized carbons (Fsp3) is 0.500. The molecular formula is C14H19NO7S. The molecule has 0 bridgehead atoms. The Morgan fingerprint density at radius 3 is 2.61 bits per heavy atom. The summed E-state index contributed by atoms with van der Waals surface area (Å²) >= 11 is 0. The number of nitrogens with one attached hydrogen (secondary N) is 1. The van der Waals surface area contributed by atoms with E-state index in [2.05, 4.69) is 4.72 Å². The molecule has 9 heteroatoms. The zero-order valence-electron chi connectivity index (χ0n) is 12.9. The number of ether oxygens (including phenoxy) is 3. The van der Waals surface area contributed by atoms with Gasteiger partial charge in [-0.3, -0.25) is 4.79 Å². The van der Waals surface area contributed by atoms with E-state index < -0.39 is 28.0 Å². The summed E-state index contributed by atoms with van der Waals surface area (Å²) in [5.74, 6) is -0.319. The quantitative estimate of drug-likeness (QED) is 0.745. The van der Waals surface area contributed by atoms with Crippen molar-refractivity contribution >= 4 is 16.0 Å². The van der Waals surface area contributed by atoms with Gasteiger partial charge in [0.15, 0.2) is 11.5 Å². The van der Waals surface area contributed by atoms with Crippen molar-refractivity contribution < 1.29 is 32.5 Å². The van der Waals surface area contributed by atoms with Gasteiger partial charge >= 0.3 is 5.97 Å². The van der Waals surface area contributed by atoms with E-state index in [1.165, 1.54) is 32.2 Å². The molecule has 128 valence electrons. The lowest BCUT2D eigenvalue weighted by molar-refractivity contribution is -0.138. The Morgan fingerprint density at radius 1 is 1.35 bits per heavy atom. The minimum absolute atomic E-state index is 0.0329. The third kappa shape index (κ3) is 4.34. The molecule has 0 radical (unpaired) electrons. The number of carboxylic acid groups (broad SMARTS) is 1. The van der Waals surface area contributed by atoms with Gasteiger partial charge in [0.25, 0.3) is 0 Å². The molecule has 0 spiro atoms. The van der Waals surface area contributed by atoms with Gasteiger partial charge < -0.3 is 19.3 Å². The van der Waals surface area contributed by atoms with Gasteiger partial charge in [-0.25, -0.2) is 13.1 Å². The molecule has 1 aliphatic heterocycles. The van der Waals surface area contributed by atoms with Crippen LogP contribution in [0, 0.1) is 0 Å². The molecule has 0 amide bonds. The van der Waals surface area contributed by atoms with Crippen LogP contribution in [0.3, 0.4) is 0 Å². The minimum atomic E-state index is -3.95. The summed E-state index contributed by atoms with van der Waals surface area (Å²) in [6.45, 7) is 2.13. The predicted molar refractivity (Wildman–Crippen MR) is 80.3 cm³/mol. The lowest BCUT2D eigenvalue weighted by atomic mass is 10.0. The van der Waals surface area contributed by atoms with Crippen LogP contribution >= 0.6 is 0 Å². The van der Waals surface area contributed by atoms with Crippen molar-refractivity contribution in [2.75, 3.05) is 26.9 Å². The van der Waals surface area contributed by atoms with Crippen molar-refractivity contribution in [1.29, 1.82) is 0 Å². The highest BCUT2D eigenvalue weighted by molar-refractivity contribution is 7.89. The van der Waals surface area contributed by atoms with Crippen LogP contribution in [0.4, 0.5) is 0 Å². The Kier molecular flexibility index (Phi) is 5.12. The van der Waals surface area contributed by atoms with Crippen molar-refractivity contribution in [3.8, 4) is 11.5 Å². The summed E-state index contributed by atoms with van der Waals surface area (Å²) in [6.07, 6.45) is -0.412. The third-order valence-electron chi connectivity index (χ3n) is 3.21. The summed E-state index contributed by atoms with van der Waals surface area (Å²) in [5.41, 5.74) is -1.27. The van der Waals surface area contributed by atoms with Crippen LogP contribution in [0.5, 0.6) is 11.5 Å².